The van der Waals surface area contributed by atoms with Crippen molar-refractivity contribution in [2.24, 2.45) is 5.73 Å². The molecule has 18 heavy (non-hydrogen) atoms. The van der Waals surface area contributed by atoms with Gasteiger partial charge in [0.1, 0.15) is 10.7 Å². The van der Waals surface area contributed by atoms with Gasteiger partial charge in [0.15, 0.2) is 0 Å². The highest BCUT2D eigenvalue weighted by Crippen LogP contribution is 2.23. The molecule has 0 unspecified atom stereocenters. The molecule has 1 amide bonds. The van der Waals surface area contributed by atoms with Crippen LogP contribution in [0.5, 0.6) is 5.75 Å². The second kappa shape index (κ2) is 7.33. The van der Waals surface area contributed by atoms with E-state index in [1.807, 2.05) is 12.1 Å². The molecule has 0 saturated heterocycles. The summed E-state index contributed by atoms with van der Waals surface area (Å²) in [7, 11) is 1.61. The van der Waals surface area contributed by atoms with E-state index in [1.54, 1.807) is 13.1 Å². The van der Waals surface area contributed by atoms with Crippen LogP contribution in [0.4, 0.5) is 0 Å². The van der Waals surface area contributed by atoms with Crippen molar-refractivity contribution in [1.29, 1.82) is 0 Å². The average molecular weight is 331 g/mol. The van der Waals surface area contributed by atoms with E-state index in [4.69, 9.17) is 22.7 Å². The average Bonchev–Trinajstić information content (AvgIpc) is 2.35. The molecule has 0 atom stereocenters. The third kappa shape index (κ3) is 4.62. The minimum atomic E-state index is 0.00368. The van der Waals surface area contributed by atoms with E-state index in [1.165, 1.54) is 0 Å². The lowest BCUT2D eigenvalue weighted by molar-refractivity contribution is -0.120. The molecular weight excluding hydrogens is 316 g/mol. The lowest BCUT2D eigenvalue weighted by Gasteiger charge is -2.10. The van der Waals surface area contributed by atoms with Gasteiger partial charge in [0.05, 0.1) is 12.2 Å². The van der Waals surface area contributed by atoms with Crippen molar-refractivity contribution in [3.8, 4) is 5.75 Å². The first-order valence-electron chi connectivity index (χ1n) is 5.47. The first-order valence-corrected chi connectivity index (χ1v) is 6.67. The number of nitrogens with one attached hydrogen (secondary N) is 1. The topological polar surface area (TPSA) is 64.3 Å². The molecule has 6 heteroatoms. The zero-order valence-electron chi connectivity index (χ0n) is 10.0. The maximum Gasteiger partial charge on any atom is 0.219 e. The summed E-state index contributed by atoms with van der Waals surface area (Å²) >= 11 is 8.31. The Morgan fingerprint density at radius 2 is 2.28 bits per heavy atom. The first-order chi connectivity index (χ1) is 8.54. The van der Waals surface area contributed by atoms with Gasteiger partial charge in [-0.05, 0) is 24.6 Å². The minimum Gasteiger partial charge on any atom is -0.493 e. The summed E-state index contributed by atoms with van der Waals surface area (Å²) in [5, 5.41) is 2.56. The number of thiocarbonyl (C=S) groups is 1. The van der Waals surface area contributed by atoms with Gasteiger partial charge >= 0.3 is 0 Å². The lowest BCUT2D eigenvalue weighted by Crippen LogP contribution is -2.18. The Kier molecular flexibility index (Phi) is 6.07. The molecular formula is C12H15BrN2O2S. The van der Waals surface area contributed by atoms with Gasteiger partial charge in [0, 0.05) is 17.9 Å². The van der Waals surface area contributed by atoms with Gasteiger partial charge in [0.25, 0.3) is 0 Å². The quantitative estimate of drug-likeness (QED) is 0.618. The molecule has 0 bridgehead atoms. The Balaban J connectivity index is 2.56. The number of carbonyl (C=O) groups is 1. The van der Waals surface area contributed by atoms with E-state index in [0.29, 0.717) is 30.8 Å². The number of benzene rings is 1. The molecule has 98 valence electrons. The molecule has 3 N–H and O–H groups in total. The number of ether oxygens (including phenoxy) is 1. The monoisotopic (exact) mass is 330 g/mol. The highest BCUT2D eigenvalue weighted by molar-refractivity contribution is 9.10. The van der Waals surface area contributed by atoms with Crippen molar-refractivity contribution in [2.75, 3.05) is 13.7 Å². The maximum absolute atomic E-state index is 11.0. The Bertz CT molecular complexity index is 452. The summed E-state index contributed by atoms with van der Waals surface area (Å²) < 4.78 is 6.47. The van der Waals surface area contributed by atoms with Crippen LogP contribution in [0, 0.1) is 0 Å². The van der Waals surface area contributed by atoms with Crippen molar-refractivity contribution in [1.82, 2.24) is 5.32 Å². The minimum absolute atomic E-state index is 0.00368. The smallest absolute Gasteiger partial charge is 0.219 e. The van der Waals surface area contributed by atoms with Crippen LogP contribution in [0.25, 0.3) is 0 Å². The zero-order valence-corrected chi connectivity index (χ0v) is 12.4. The SMILES string of the molecule is CNC(=O)CCCOc1ccc(Br)cc1C(N)=S. The number of amides is 1. The predicted octanol–water partition coefficient (Wildman–Crippen LogP) is 1.99. The van der Waals surface area contributed by atoms with Crippen LogP contribution >= 0.6 is 28.1 Å². The van der Waals surface area contributed by atoms with Gasteiger partial charge < -0.3 is 15.8 Å². The highest BCUT2D eigenvalue weighted by atomic mass is 79.9. The molecule has 0 saturated carbocycles. The molecule has 1 aromatic rings. The third-order valence-corrected chi connectivity index (χ3v) is 3.00. The second-order valence-electron chi connectivity index (χ2n) is 3.63. The van der Waals surface area contributed by atoms with Gasteiger partial charge in [-0.3, -0.25) is 4.79 Å². The van der Waals surface area contributed by atoms with Gasteiger partial charge in [-0.25, -0.2) is 0 Å². The summed E-state index contributed by atoms with van der Waals surface area (Å²) in [6, 6.07) is 5.48. The van der Waals surface area contributed by atoms with E-state index in [-0.39, 0.29) is 10.9 Å². The molecule has 0 radical (unpaired) electrons. The molecule has 0 spiro atoms. The molecule has 0 aliphatic carbocycles. The predicted molar refractivity (Wildman–Crippen MR) is 78.8 cm³/mol. The van der Waals surface area contributed by atoms with Crippen LogP contribution < -0.4 is 15.8 Å². The fourth-order valence-corrected chi connectivity index (χ4v) is 1.88. The van der Waals surface area contributed by atoms with E-state index >= 15 is 0 Å². The van der Waals surface area contributed by atoms with Gasteiger partial charge in [-0.15, -0.1) is 0 Å². The van der Waals surface area contributed by atoms with Crippen molar-refractivity contribution in [3.63, 3.8) is 0 Å². The number of hydrogen-bond donors (Lipinski definition) is 2. The van der Waals surface area contributed by atoms with Crippen LogP contribution in [-0.4, -0.2) is 24.6 Å². The normalized spacial score (nSPS) is 9.89. The summed E-state index contributed by atoms with van der Waals surface area (Å²) in [5.41, 5.74) is 6.32. The molecule has 0 aromatic heterocycles. The molecule has 0 aliphatic heterocycles. The fraction of sp³-hybridized carbons (Fsp3) is 0.333. The summed E-state index contributed by atoms with van der Waals surface area (Å²) in [6.45, 7) is 0.449. The largest absolute Gasteiger partial charge is 0.493 e. The van der Waals surface area contributed by atoms with Crippen LogP contribution in [0.1, 0.15) is 18.4 Å². The molecule has 4 nitrogen and oxygen atoms in total. The standard InChI is InChI=1S/C12H15BrN2O2S/c1-15-11(16)3-2-6-17-10-5-4-8(13)7-9(10)12(14)18/h4-5,7H,2-3,6H2,1H3,(H2,14,18)(H,15,16). The van der Waals surface area contributed by atoms with E-state index in [2.05, 4.69) is 21.2 Å². The molecule has 0 fully saturated rings. The molecule has 1 rings (SSSR count). The first kappa shape index (κ1) is 14.9. The Labute approximate surface area is 120 Å². The number of rotatable bonds is 6. The highest BCUT2D eigenvalue weighted by Gasteiger charge is 2.07. The van der Waals surface area contributed by atoms with Gasteiger partial charge in [-0.2, -0.15) is 0 Å². The number of nitrogens with two attached hydrogens (primary N) is 1. The van der Waals surface area contributed by atoms with Crippen molar-refractivity contribution >= 4 is 39.0 Å². The Morgan fingerprint density at radius 3 is 2.89 bits per heavy atom. The van der Waals surface area contributed by atoms with Crippen LogP contribution in [0.3, 0.4) is 0 Å². The summed E-state index contributed by atoms with van der Waals surface area (Å²) in [5.74, 6) is 0.645. The maximum atomic E-state index is 11.0. The number of halogens is 1. The lowest BCUT2D eigenvalue weighted by atomic mass is 10.2. The van der Waals surface area contributed by atoms with Gasteiger partial charge in [0.2, 0.25) is 5.91 Å². The van der Waals surface area contributed by atoms with Crippen molar-refractivity contribution in [2.45, 2.75) is 12.8 Å². The van der Waals surface area contributed by atoms with Gasteiger partial charge in [-0.1, -0.05) is 28.1 Å². The zero-order chi connectivity index (χ0) is 13.5. The van der Waals surface area contributed by atoms with E-state index in [9.17, 15) is 4.79 Å². The third-order valence-electron chi connectivity index (χ3n) is 2.29. The van der Waals surface area contributed by atoms with Crippen molar-refractivity contribution in [3.05, 3.63) is 28.2 Å². The summed E-state index contributed by atoms with van der Waals surface area (Å²) in [4.78, 5) is 11.3. The Morgan fingerprint density at radius 1 is 1.56 bits per heavy atom. The fourth-order valence-electron chi connectivity index (χ4n) is 1.36. The molecule has 1 aromatic carbocycles. The van der Waals surface area contributed by atoms with Crippen molar-refractivity contribution < 1.29 is 9.53 Å². The van der Waals surface area contributed by atoms with Crippen LogP contribution in [0.15, 0.2) is 22.7 Å². The number of carbonyl (C=O) groups excluding carboxylic acids is 1. The number of hydrogen-bond acceptors (Lipinski definition) is 3. The molecule has 0 aliphatic rings. The Hall–Kier alpha value is -1.14. The van der Waals surface area contributed by atoms with E-state index in [0.717, 1.165) is 4.47 Å². The second-order valence-corrected chi connectivity index (χ2v) is 4.99. The van der Waals surface area contributed by atoms with E-state index < -0.39 is 0 Å². The van der Waals surface area contributed by atoms with Crippen LogP contribution in [-0.2, 0) is 4.79 Å². The summed E-state index contributed by atoms with van der Waals surface area (Å²) in [6.07, 6.45) is 1.09. The van der Waals surface area contributed by atoms with Crippen LogP contribution in [0.2, 0.25) is 0 Å². The molecule has 0 heterocycles.